The van der Waals surface area contributed by atoms with E-state index >= 15 is 0 Å². The molecule has 7 nitrogen and oxygen atoms in total. The summed E-state index contributed by atoms with van der Waals surface area (Å²) in [6, 6.07) is 18.4. The Kier molecular flexibility index (Phi) is 7.57. The van der Waals surface area contributed by atoms with Gasteiger partial charge in [-0.15, -0.1) is 0 Å². The van der Waals surface area contributed by atoms with Crippen LogP contribution in [-0.4, -0.2) is 47.9 Å². The Hall–Kier alpha value is -3.29. The van der Waals surface area contributed by atoms with Crippen molar-refractivity contribution in [2.45, 2.75) is 103 Å². The number of hydrogen-bond acceptors (Lipinski definition) is 7. The summed E-state index contributed by atoms with van der Waals surface area (Å²) in [5.41, 5.74) is 1.33. The number of Topliss-reactive ketones (excluding diaryl/α,β-unsaturated/α-hetero) is 1. The van der Waals surface area contributed by atoms with E-state index in [-0.39, 0.29) is 48.0 Å². The van der Waals surface area contributed by atoms with E-state index in [9.17, 15) is 14.4 Å². The summed E-state index contributed by atoms with van der Waals surface area (Å²) in [6.45, 7) is 9.14. The Labute approximate surface area is 283 Å². The highest BCUT2D eigenvalue weighted by molar-refractivity contribution is 5.90. The molecule has 2 aromatic rings. The highest BCUT2D eigenvalue weighted by Crippen LogP contribution is 2.70. The fraction of sp³-hybridized carbons (Fsp3) is 0.585. The minimum Gasteiger partial charge on any atom is -0.458 e. The Balaban J connectivity index is 1.09. The fourth-order valence-electron chi connectivity index (χ4n) is 11.1. The molecule has 7 heteroatoms. The van der Waals surface area contributed by atoms with E-state index in [4.69, 9.17) is 18.9 Å². The van der Waals surface area contributed by atoms with E-state index < -0.39 is 16.8 Å². The lowest BCUT2D eigenvalue weighted by atomic mass is 9.45. The van der Waals surface area contributed by atoms with Gasteiger partial charge in [0.05, 0.1) is 23.8 Å². The van der Waals surface area contributed by atoms with Crippen LogP contribution in [0.3, 0.4) is 0 Å². The molecule has 4 aliphatic carbocycles. The van der Waals surface area contributed by atoms with E-state index in [1.165, 1.54) is 5.57 Å². The highest BCUT2D eigenvalue weighted by Gasteiger charge is 2.70. The summed E-state index contributed by atoms with van der Waals surface area (Å²) in [5, 5.41) is 0. The molecule has 254 valence electrons. The molecular formula is C41H48O7. The van der Waals surface area contributed by atoms with Crippen molar-refractivity contribution >= 4 is 17.7 Å². The molecule has 5 fully saturated rings. The van der Waals surface area contributed by atoms with Gasteiger partial charge in [-0.1, -0.05) is 68.8 Å². The first-order chi connectivity index (χ1) is 23.0. The predicted molar refractivity (Wildman–Crippen MR) is 179 cm³/mol. The molecule has 0 N–H and O–H groups in total. The first-order valence-electron chi connectivity index (χ1n) is 18.1. The average molecular weight is 653 g/mol. The van der Waals surface area contributed by atoms with Crippen LogP contribution in [0.25, 0.3) is 0 Å². The third-order valence-corrected chi connectivity index (χ3v) is 13.9. The molecule has 3 saturated carbocycles. The Morgan fingerprint density at radius 3 is 2.23 bits per heavy atom. The average Bonchev–Trinajstić information content (AvgIpc) is 3.54. The number of esters is 2. The van der Waals surface area contributed by atoms with Gasteiger partial charge in [-0.25, -0.2) is 9.59 Å². The first kappa shape index (κ1) is 31.9. The molecule has 0 radical (unpaired) electrons. The topological polar surface area (TPSA) is 88.1 Å². The van der Waals surface area contributed by atoms with Crippen LogP contribution < -0.4 is 0 Å². The van der Waals surface area contributed by atoms with Crippen molar-refractivity contribution in [2.75, 3.05) is 6.61 Å². The molecule has 0 bridgehead atoms. The molecule has 0 unspecified atom stereocenters. The van der Waals surface area contributed by atoms with Gasteiger partial charge in [0.25, 0.3) is 0 Å². The summed E-state index contributed by atoms with van der Waals surface area (Å²) < 4.78 is 26.3. The third-order valence-electron chi connectivity index (χ3n) is 13.9. The van der Waals surface area contributed by atoms with Crippen LogP contribution in [0.15, 0.2) is 72.3 Å². The zero-order chi connectivity index (χ0) is 33.5. The number of ketones is 1. The molecule has 2 aliphatic heterocycles. The van der Waals surface area contributed by atoms with Crippen molar-refractivity contribution in [2.24, 2.45) is 40.4 Å². The second-order valence-electron chi connectivity index (χ2n) is 16.3. The van der Waals surface area contributed by atoms with Gasteiger partial charge in [-0.3, -0.25) is 4.79 Å². The Bertz CT molecular complexity index is 1620. The molecule has 2 saturated heterocycles. The molecule has 0 amide bonds. The van der Waals surface area contributed by atoms with Crippen LogP contribution in [0.2, 0.25) is 0 Å². The zero-order valence-corrected chi connectivity index (χ0v) is 28.6. The maximum absolute atomic E-state index is 13.8. The zero-order valence-electron chi connectivity index (χ0n) is 28.6. The number of hydrogen-bond donors (Lipinski definition) is 0. The van der Waals surface area contributed by atoms with Gasteiger partial charge in [0.2, 0.25) is 0 Å². The van der Waals surface area contributed by atoms with Crippen LogP contribution in [0.4, 0.5) is 0 Å². The van der Waals surface area contributed by atoms with Crippen molar-refractivity contribution in [3.63, 3.8) is 0 Å². The molecule has 0 aromatic heterocycles. The number of carbonyl (C=O) groups excluding carboxylic acids is 3. The van der Waals surface area contributed by atoms with E-state index in [0.717, 1.165) is 25.7 Å². The Morgan fingerprint density at radius 2 is 1.56 bits per heavy atom. The molecule has 8 rings (SSSR count). The molecule has 2 aromatic carbocycles. The molecular weight excluding hydrogens is 604 g/mol. The van der Waals surface area contributed by atoms with Gasteiger partial charge in [0.15, 0.2) is 5.79 Å². The lowest BCUT2D eigenvalue weighted by Crippen LogP contribution is -2.58. The second-order valence-corrected chi connectivity index (χ2v) is 16.3. The lowest BCUT2D eigenvalue weighted by molar-refractivity contribution is -0.287. The van der Waals surface area contributed by atoms with E-state index in [0.29, 0.717) is 60.3 Å². The minimum atomic E-state index is -0.808. The van der Waals surface area contributed by atoms with Gasteiger partial charge in [-0.2, -0.15) is 0 Å². The maximum atomic E-state index is 13.8. The van der Waals surface area contributed by atoms with Crippen molar-refractivity contribution in [3.05, 3.63) is 83.4 Å². The van der Waals surface area contributed by atoms with Gasteiger partial charge in [0, 0.05) is 36.5 Å². The number of carbonyl (C=O) groups is 3. The van der Waals surface area contributed by atoms with E-state index in [1.54, 1.807) is 12.1 Å². The molecule has 2 heterocycles. The molecule has 11 atom stereocenters. The standard InChI is InChI=1S/C41H48O7/c1-25-35-33(47-41(25)20-19-38(2,24-45-41)48-37(44)27-13-9-6-10-14-27)22-32-30-16-15-28-21-29(42)17-18-39(28,3)31(30)23-34(40(32,35)4)46-36(43)26-11-7-5-8-12-26/h5-14,22,25,28,30-31,33-35H,15-21,23-24H2,1-4H3/t25-,28-,30+,31-,33-,34-,35-,38-,39-,40+,41+/m0/s1. The third kappa shape index (κ3) is 4.86. The van der Waals surface area contributed by atoms with Crippen molar-refractivity contribution < 1.29 is 33.3 Å². The van der Waals surface area contributed by atoms with Crippen LogP contribution in [-0.2, 0) is 23.7 Å². The lowest BCUT2D eigenvalue weighted by Gasteiger charge is -2.60. The largest absolute Gasteiger partial charge is 0.458 e. The van der Waals surface area contributed by atoms with Crippen LogP contribution >= 0.6 is 0 Å². The van der Waals surface area contributed by atoms with Gasteiger partial charge >= 0.3 is 11.9 Å². The van der Waals surface area contributed by atoms with Gasteiger partial charge in [-0.05, 0) is 86.5 Å². The van der Waals surface area contributed by atoms with Crippen LogP contribution in [0, 0.1) is 40.4 Å². The molecule has 48 heavy (non-hydrogen) atoms. The van der Waals surface area contributed by atoms with Crippen LogP contribution in [0.5, 0.6) is 0 Å². The second kappa shape index (κ2) is 11.4. The summed E-state index contributed by atoms with van der Waals surface area (Å²) in [4.78, 5) is 39.3. The highest BCUT2D eigenvalue weighted by atomic mass is 16.7. The normalized spacial score (nSPS) is 43.0. The van der Waals surface area contributed by atoms with E-state index in [2.05, 4.69) is 26.8 Å². The van der Waals surface area contributed by atoms with Crippen molar-refractivity contribution in [3.8, 4) is 0 Å². The number of benzene rings is 2. The number of ether oxygens (including phenoxy) is 4. The predicted octanol–water partition coefficient (Wildman–Crippen LogP) is 7.74. The quantitative estimate of drug-likeness (QED) is 0.247. The first-order valence-corrected chi connectivity index (χ1v) is 18.1. The molecule has 6 aliphatic rings. The SMILES string of the molecule is C[C@H]1[C@H]2[C@H](C=C3[C@@H]4CC[C@H]5CC(=O)CC[C@]5(C)[C@H]4C[C@H](OC(=O)c4ccccc4)[C@@]32C)O[C@]12CC[C@](C)(OC(=O)c1ccccc1)CO2. The fourth-order valence-corrected chi connectivity index (χ4v) is 11.1. The van der Waals surface area contributed by atoms with Crippen LogP contribution in [0.1, 0.15) is 99.8 Å². The van der Waals surface area contributed by atoms with Crippen molar-refractivity contribution in [1.82, 2.24) is 0 Å². The monoisotopic (exact) mass is 652 g/mol. The number of fused-ring (bicyclic) bond motifs is 7. The minimum absolute atomic E-state index is 0.0179. The van der Waals surface area contributed by atoms with Gasteiger partial charge < -0.3 is 18.9 Å². The van der Waals surface area contributed by atoms with E-state index in [1.807, 2.05) is 55.5 Å². The maximum Gasteiger partial charge on any atom is 0.338 e. The summed E-state index contributed by atoms with van der Waals surface area (Å²) >= 11 is 0. The molecule has 1 spiro atoms. The van der Waals surface area contributed by atoms with Gasteiger partial charge in [0.1, 0.15) is 17.5 Å². The smallest absolute Gasteiger partial charge is 0.338 e. The summed E-state index contributed by atoms with van der Waals surface area (Å²) in [7, 11) is 0. The number of rotatable bonds is 4. The summed E-state index contributed by atoms with van der Waals surface area (Å²) in [6.07, 6.45) is 8.24. The Morgan fingerprint density at radius 1 is 0.875 bits per heavy atom. The van der Waals surface area contributed by atoms with Crippen molar-refractivity contribution in [1.29, 1.82) is 0 Å². The summed E-state index contributed by atoms with van der Waals surface area (Å²) in [5.74, 6) is 0.136.